The molecule has 31 heavy (non-hydrogen) atoms. The summed E-state index contributed by atoms with van der Waals surface area (Å²) in [6, 6.07) is 13.0. The molecule has 1 saturated heterocycles. The van der Waals surface area contributed by atoms with E-state index in [0.717, 1.165) is 38.0 Å². The molecule has 0 spiro atoms. The molecule has 0 atom stereocenters. The number of halogens is 1. The highest BCUT2D eigenvalue weighted by molar-refractivity contribution is 6.30. The fraction of sp³-hybridized carbons (Fsp3) is 0.400. The number of methoxy groups -OCH3 is 1. The van der Waals surface area contributed by atoms with Crippen LogP contribution in [0.15, 0.2) is 54.1 Å². The summed E-state index contributed by atoms with van der Waals surface area (Å²) in [6.07, 6.45) is 4.17. The molecule has 5 nitrogen and oxygen atoms in total. The second-order valence-corrected chi connectivity index (χ2v) is 8.55. The molecule has 0 unspecified atom stereocenters. The third kappa shape index (κ3) is 7.01. The van der Waals surface area contributed by atoms with Gasteiger partial charge < -0.3 is 14.8 Å². The highest BCUT2D eigenvalue weighted by Crippen LogP contribution is 2.29. The Morgan fingerprint density at radius 2 is 1.84 bits per heavy atom. The van der Waals surface area contributed by atoms with Crippen LogP contribution in [0, 0.1) is 0 Å². The van der Waals surface area contributed by atoms with Gasteiger partial charge in [0.25, 0.3) is 5.91 Å². The molecule has 1 aliphatic heterocycles. The van der Waals surface area contributed by atoms with Crippen LogP contribution in [0.4, 0.5) is 0 Å². The van der Waals surface area contributed by atoms with Gasteiger partial charge in [-0.3, -0.25) is 9.69 Å². The Balaban J connectivity index is 1.54. The van der Waals surface area contributed by atoms with Gasteiger partial charge in [-0.2, -0.15) is 0 Å². The lowest BCUT2D eigenvalue weighted by Gasteiger charge is -2.31. The largest absolute Gasteiger partial charge is 0.493 e. The molecule has 1 fully saturated rings. The standard InChI is InChI=1S/C25H31ClN2O3/c1-18(2)10-13-28-14-11-22(12-15-28)27-25(29)20-6-9-23(24(16-20)30-3)31-17-19-4-7-21(26)8-5-19/h4-10,16,22H,11-15,17H2,1-3H3,(H,27,29). The smallest absolute Gasteiger partial charge is 0.251 e. The van der Waals surface area contributed by atoms with Gasteiger partial charge >= 0.3 is 0 Å². The number of likely N-dealkylation sites (tertiary alicyclic amines) is 1. The van der Waals surface area contributed by atoms with E-state index in [2.05, 4.69) is 30.1 Å². The molecule has 1 N–H and O–H groups in total. The van der Waals surface area contributed by atoms with Crippen LogP contribution in [0.5, 0.6) is 11.5 Å². The van der Waals surface area contributed by atoms with E-state index >= 15 is 0 Å². The molecule has 166 valence electrons. The summed E-state index contributed by atoms with van der Waals surface area (Å²) in [6.45, 7) is 7.61. The number of allylic oxidation sites excluding steroid dienone is 1. The SMILES string of the molecule is COc1cc(C(=O)NC2CCN(CC=C(C)C)CC2)ccc1OCc1ccc(Cl)cc1. The quantitative estimate of drug-likeness (QED) is 0.578. The van der Waals surface area contributed by atoms with Crippen molar-refractivity contribution in [3.8, 4) is 11.5 Å². The Hall–Kier alpha value is -2.50. The van der Waals surface area contributed by atoms with Crippen molar-refractivity contribution in [3.63, 3.8) is 0 Å². The van der Waals surface area contributed by atoms with E-state index in [0.29, 0.717) is 28.7 Å². The number of hydrogen-bond donors (Lipinski definition) is 1. The van der Waals surface area contributed by atoms with Crippen molar-refractivity contribution >= 4 is 17.5 Å². The van der Waals surface area contributed by atoms with Gasteiger partial charge in [0.15, 0.2) is 11.5 Å². The van der Waals surface area contributed by atoms with Gasteiger partial charge in [-0.05, 0) is 62.6 Å². The topological polar surface area (TPSA) is 50.8 Å². The molecule has 3 rings (SSSR count). The van der Waals surface area contributed by atoms with Crippen LogP contribution in [0.1, 0.15) is 42.6 Å². The van der Waals surface area contributed by atoms with Crippen LogP contribution in [-0.4, -0.2) is 43.6 Å². The van der Waals surface area contributed by atoms with Gasteiger partial charge in [-0.15, -0.1) is 0 Å². The fourth-order valence-electron chi connectivity index (χ4n) is 3.51. The zero-order valence-corrected chi connectivity index (χ0v) is 19.2. The number of benzene rings is 2. The monoisotopic (exact) mass is 442 g/mol. The lowest BCUT2D eigenvalue weighted by atomic mass is 10.0. The first kappa shape index (κ1) is 23.2. The number of nitrogens with one attached hydrogen (secondary N) is 1. The number of ether oxygens (including phenoxy) is 2. The van der Waals surface area contributed by atoms with Crippen LogP contribution in [0.25, 0.3) is 0 Å². The second-order valence-electron chi connectivity index (χ2n) is 8.11. The third-order valence-corrected chi connectivity index (χ3v) is 5.67. The van der Waals surface area contributed by atoms with E-state index in [4.69, 9.17) is 21.1 Å². The lowest BCUT2D eigenvalue weighted by molar-refractivity contribution is 0.0913. The average Bonchev–Trinajstić information content (AvgIpc) is 2.78. The summed E-state index contributed by atoms with van der Waals surface area (Å²) in [7, 11) is 1.58. The van der Waals surface area contributed by atoms with Crippen LogP contribution in [-0.2, 0) is 6.61 Å². The predicted molar refractivity (Wildman–Crippen MR) is 125 cm³/mol. The summed E-state index contributed by atoms with van der Waals surface area (Å²) >= 11 is 5.92. The van der Waals surface area contributed by atoms with E-state index in [-0.39, 0.29) is 11.9 Å². The number of carbonyl (C=O) groups is 1. The summed E-state index contributed by atoms with van der Waals surface area (Å²) in [5, 5.41) is 3.85. The maximum Gasteiger partial charge on any atom is 0.251 e. The minimum absolute atomic E-state index is 0.0784. The van der Waals surface area contributed by atoms with Crippen molar-refractivity contribution in [1.29, 1.82) is 0 Å². The third-order valence-electron chi connectivity index (χ3n) is 5.41. The summed E-state index contributed by atoms with van der Waals surface area (Å²) in [5.74, 6) is 1.06. The molecule has 0 aromatic heterocycles. The number of hydrogen-bond acceptors (Lipinski definition) is 4. The molecule has 0 radical (unpaired) electrons. The van der Waals surface area contributed by atoms with Crippen LogP contribution < -0.4 is 14.8 Å². The lowest BCUT2D eigenvalue weighted by Crippen LogP contribution is -2.44. The summed E-state index contributed by atoms with van der Waals surface area (Å²) < 4.78 is 11.3. The summed E-state index contributed by atoms with van der Waals surface area (Å²) in [5.41, 5.74) is 2.91. The van der Waals surface area contributed by atoms with E-state index in [1.165, 1.54) is 5.57 Å². The molecular formula is C25H31ClN2O3. The van der Waals surface area contributed by atoms with Gasteiger partial charge in [0.2, 0.25) is 0 Å². The number of piperidine rings is 1. The van der Waals surface area contributed by atoms with E-state index in [1.54, 1.807) is 25.3 Å². The molecule has 2 aromatic carbocycles. The first-order valence-electron chi connectivity index (χ1n) is 10.7. The highest BCUT2D eigenvalue weighted by atomic mass is 35.5. The van der Waals surface area contributed by atoms with E-state index in [1.807, 2.05) is 24.3 Å². The van der Waals surface area contributed by atoms with Gasteiger partial charge in [0, 0.05) is 36.3 Å². The molecule has 2 aromatic rings. The van der Waals surface area contributed by atoms with Crippen LogP contribution in [0.2, 0.25) is 5.02 Å². The van der Waals surface area contributed by atoms with Crippen molar-refractivity contribution in [1.82, 2.24) is 10.2 Å². The summed E-state index contributed by atoms with van der Waals surface area (Å²) in [4.78, 5) is 15.2. The van der Waals surface area contributed by atoms with Crippen molar-refractivity contribution < 1.29 is 14.3 Å². The second kappa shape index (κ2) is 11.2. The van der Waals surface area contributed by atoms with Crippen molar-refractivity contribution in [2.45, 2.75) is 39.3 Å². The van der Waals surface area contributed by atoms with Crippen molar-refractivity contribution in [2.75, 3.05) is 26.7 Å². The Morgan fingerprint density at radius 1 is 1.13 bits per heavy atom. The van der Waals surface area contributed by atoms with Crippen LogP contribution >= 0.6 is 11.6 Å². The average molecular weight is 443 g/mol. The van der Waals surface area contributed by atoms with Gasteiger partial charge in [0.1, 0.15) is 6.61 Å². The first-order chi connectivity index (χ1) is 14.9. The number of amides is 1. The normalized spacial score (nSPS) is 14.7. The number of carbonyl (C=O) groups excluding carboxylic acids is 1. The molecule has 0 aliphatic carbocycles. The Labute approximate surface area is 190 Å². The minimum atomic E-state index is -0.0784. The van der Waals surface area contributed by atoms with Gasteiger partial charge in [0.05, 0.1) is 7.11 Å². The van der Waals surface area contributed by atoms with Gasteiger partial charge in [-0.25, -0.2) is 0 Å². The van der Waals surface area contributed by atoms with E-state index in [9.17, 15) is 4.79 Å². The molecule has 1 heterocycles. The van der Waals surface area contributed by atoms with Gasteiger partial charge in [-0.1, -0.05) is 35.4 Å². The van der Waals surface area contributed by atoms with Crippen molar-refractivity contribution in [3.05, 3.63) is 70.3 Å². The molecule has 6 heteroatoms. The number of rotatable bonds is 8. The fourth-order valence-corrected chi connectivity index (χ4v) is 3.64. The Kier molecular flexibility index (Phi) is 8.38. The maximum atomic E-state index is 12.8. The number of nitrogens with zero attached hydrogens (tertiary/aromatic N) is 1. The van der Waals surface area contributed by atoms with Crippen LogP contribution in [0.3, 0.4) is 0 Å². The molecular weight excluding hydrogens is 412 g/mol. The molecule has 0 bridgehead atoms. The first-order valence-corrected chi connectivity index (χ1v) is 11.0. The van der Waals surface area contributed by atoms with E-state index < -0.39 is 0 Å². The maximum absolute atomic E-state index is 12.8. The Bertz CT molecular complexity index is 899. The molecule has 1 amide bonds. The molecule has 0 saturated carbocycles. The zero-order valence-electron chi connectivity index (χ0n) is 18.5. The minimum Gasteiger partial charge on any atom is -0.493 e. The highest BCUT2D eigenvalue weighted by Gasteiger charge is 2.21. The van der Waals surface area contributed by atoms with Crippen molar-refractivity contribution in [2.24, 2.45) is 0 Å². The predicted octanol–water partition coefficient (Wildman–Crippen LogP) is 5.09. The molecule has 1 aliphatic rings. The Morgan fingerprint density at radius 3 is 2.48 bits per heavy atom. The zero-order chi connectivity index (χ0) is 22.2.